The van der Waals surface area contributed by atoms with Gasteiger partial charge in [-0.3, -0.25) is 13.9 Å². The summed E-state index contributed by atoms with van der Waals surface area (Å²) in [6.45, 7) is 0. The van der Waals surface area contributed by atoms with Gasteiger partial charge in [-0.15, -0.1) is 5.10 Å². The second-order valence-electron chi connectivity index (χ2n) is 4.36. The zero-order chi connectivity index (χ0) is 14.4. The molecule has 7 nitrogen and oxygen atoms in total. The lowest BCUT2D eigenvalue weighted by atomic mass is 10.3. The molecule has 1 aromatic carbocycles. The Labute approximate surface area is 117 Å². The number of benzene rings is 1. The molecule has 8 heteroatoms. The summed E-state index contributed by atoms with van der Waals surface area (Å²) in [4.78, 5) is 24.0. The minimum Gasteiger partial charge on any atom is -0.279 e. The maximum Gasteiger partial charge on any atom is 0.332 e. The van der Waals surface area contributed by atoms with E-state index in [0.29, 0.717) is 16.4 Å². The molecule has 0 spiro atoms. The van der Waals surface area contributed by atoms with Crippen molar-refractivity contribution >= 4 is 22.8 Å². The van der Waals surface area contributed by atoms with Gasteiger partial charge in [0.2, 0.25) is 0 Å². The molecule has 20 heavy (non-hydrogen) atoms. The maximum absolute atomic E-state index is 12.0. The number of rotatable bonds is 1. The molecule has 0 amide bonds. The van der Waals surface area contributed by atoms with Crippen molar-refractivity contribution in [2.45, 2.75) is 0 Å². The van der Waals surface area contributed by atoms with Crippen LogP contribution >= 0.6 is 11.6 Å². The fourth-order valence-corrected chi connectivity index (χ4v) is 2.16. The first-order valence-corrected chi connectivity index (χ1v) is 6.16. The third-order valence-electron chi connectivity index (χ3n) is 3.12. The molecule has 0 saturated heterocycles. The van der Waals surface area contributed by atoms with E-state index in [2.05, 4.69) is 10.3 Å². The smallest absolute Gasteiger partial charge is 0.279 e. The van der Waals surface area contributed by atoms with E-state index in [9.17, 15) is 9.59 Å². The topological polar surface area (TPSA) is 74.7 Å². The fraction of sp³-hybridized carbons (Fsp3) is 0.167. The second kappa shape index (κ2) is 4.31. The number of aromatic nitrogens is 5. The molecule has 3 rings (SSSR count). The highest BCUT2D eigenvalue weighted by Crippen LogP contribution is 2.15. The molecule has 0 aliphatic rings. The third-order valence-corrected chi connectivity index (χ3v) is 3.37. The van der Waals surface area contributed by atoms with Crippen molar-refractivity contribution in [3.63, 3.8) is 0 Å². The van der Waals surface area contributed by atoms with Crippen molar-refractivity contribution in [3.05, 3.63) is 50.1 Å². The van der Waals surface area contributed by atoms with Crippen LogP contribution in [0.2, 0.25) is 5.02 Å². The molecule has 3 aromatic rings. The summed E-state index contributed by atoms with van der Waals surface area (Å²) in [5.74, 6) is 0. The van der Waals surface area contributed by atoms with E-state index in [1.807, 2.05) is 0 Å². The van der Waals surface area contributed by atoms with Gasteiger partial charge in [0.05, 0.1) is 5.69 Å². The lowest BCUT2D eigenvalue weighted by Gasteiger charge is -2.06. The van der Waals surface area contributed by atoms with Gasteiger partial charge in [0.25, 0.3) is 5.56 Å². The number of halogens is 1. The second-order valence-corrected chi connectivity index (χ2v) is 4.79. The summed E-state index contributed by atoms with van der Waals surface area (Å²) in [6.07, 6.45) is 0. The summed E-state index contributed by atoms with van der Waals surface area (Å²) < 4.78 is 3.78. The number of nitrogens with zero attached hydrogens (tertiary/aromatic N) is 5. The van der Waals surface area contributed by atoms with Crippen LogP contribution < -0.4 is 11.2 Å². The van der Waals surface area contributed by atoms with Crippen molar-refractivity contribution in [2.75, 3.05) is 0 Å². The number of aryl methyl sites for hydroxylation is 1. The number of hydrogen-bond acceptors (Lipinski definition) is 4. The maximum atomic E-state index is 12.0. The number of hydrogen-bond donors (Lipinski definition) is 0. The van der Waals surface area contributed by atoms with Crippen molar-refractivity contribution in [2.24, 2.45) is 14.1 Å². The largest absolute Gasteiger partial charge is 0.332 e. The van der Waals surface area contributed by atoms with Gasteiger partial charge in [-0.25, -0.2) is 4.79 Å². The first-order chi connectivity index (χ1) is 9.50. The minimum absolute atomic E-state index is 0.143. The third kappa shape index (κ3) is 1.67. The van der Waals surface area contributed by atoms with Crippen molar-refractivity contribution in [3.8, 4) is 5.69 Å². The Kier molecular flexibility index (Phi) is 2.72. The van der Waals surface area contributed by atoms with Crippen LogP contribution in [-0.2, 0) is 14.1 Å². The van der Waals surface area contributed by atoms with Crippen LogP contribution in [0.3, 0.4) is 0 Å². The summed E-state index contributed by atoms with van der Waals surface area (Å²) >= 11 is 5.84. The molecule has 0 saturated carbocycles. The highest BCUT2D eigenvalue weighted by molar-refractivity contribution is 6.30. The zero-order valence-corrected chi connectivity index (χ0v) is 11.5. The van der Waals surface area contributed by atoms with Gasteiger partial charge >= 0.3 is 5.69 Å². The van der Waals surface area contributed by atoms with E-state index in [1.165, 1.54) is 16.3 Å². The highest BCUT2D eigenvalue weighted by Gasteiger charge is 2.16. The predicted octanol–water partition coefficient (Wildman–Crippen LogP) is 0.471. The predicted molar refractivity (Wildman–Crippen MR) is 74.4 cm³/mol. The first kappa shape index (κ1) is 12.6. The molecule has 2 aromatic heterocycles. The van der Waals surface area contributed by atoms with E-state index < -0.39 is 11.2 Å². The van der Waals surface area contributed by atoms with Gasteiger partial charge < -0.3 is 0 Å². The Bertz CT molecular complexity index is 920. The van der Waals surface area contributed by atoms with Crippen LogP contribution in [0.1, 0.15) is 0 Å². The molecule has 0 aliphatic carbocycles. The molecule has 0 aliphatic heterocycles. The number of fused-ring (bicyclic) bond motifs is 1. The van der Waals surface area contributed by atoms with Gasteiger partial charge in [-0.2, -0.15) is 4.68 Å². The van der Waals surface area contributed by atoms with E-state index in [-0.39, 0.29) is 5.52 Å². The van der Waals surface area contributed by atoms with E-state index >= 15 is 0 Å². The van der Waals surface area contributed by atoms with Crippen LogP contribution in [0.25, 0.3) is 16.9 Å². The van der Waals surface area contributed by atoms with Crippen molar-refractivity contribution in [1.82, 2.24) is 24.1 Å². The monoisotopic (exact) mass is 291 g/mol. The zero-order valence-electron chi connectivity index (χ0n) is 10.7. The average molecular weight is 292 g/mol. The SMILES string of the molecule is Cn1c(=O)c2nnn(-c3ccc(Cl)cc3)c2n(C)c1=O. The Morgan fingerprint density at radius 1 is 1.05 bits per heavy atom. The minimum atomic E-state index is -0.469. The summed E-state index contributed by atoms with van der Waals surface area (Å²) in [5, 5.41) is 8.40. The molecule has 102 valence electrons. The molecule has 0 fully saturated rings. The standard InChI is InChI=1S/C12H10ClN5O2/c1-16-10-9(11(19)17(2)12(16)20)14-15-18(10)8-5-3-7(13)4-6-8/h3-6H,1-2H3. The molecule has 0 unspecified atom stereocenters. The molecule has 0 atom stereocenters. The lowest BCUT2D eigenvalue weighted by Crippen LogP contribution is -2.37. The average Bonchev–Trinajstić information content (AvgIpc) is 2.88. The van der Waals surface area contributed by atoms with Gasteiger partial charge in [0.15, 0.2) is 11.2 Å². The summed E-state index contributed by atoms with van der Waals surface area (Å²) in [6, 6.07) is 6.87. The highest BCUT2D eigenvalue weighted by atomic mass is 35.5. The van der Waals surface area contributed by atoms with Gasteiger partial charge in [-0.1, -0.05) is 16.8 Å². The summed E-state index contributed by atoms with van der Waals surface area (Å²) in [5.41, 5.74) is 0.258. The van der Waals surface area contributed by atoms with Crippen molar-refractivity contribution in [1.29, 1.82) is 0 Å². The van der Waals surface area contributed by atoms with Gasteiger partial charge in [0.1, 0.15) is 0 Å². The van der Waals surface area contributed by atoms with E-state index in [0.717, 1.165) is 4.57 Å². The van der Waals surface area contributed by atoms with Crippen molar-refractivity contribution < 1.29 is 0 Å². The Hall–Kier alpha value is -2.41. The van der Waals surface area contributed by atoms with Crippen LogP contribution in [0.5, 0.6) is 0 Å². The van der Waals surface area contributed by atoms with Crippen LogP contribution in [0.15, 0.2) is 33.9 Å². The molecule has 0 N–H and O–H groups in total. The molecule has 2 heterocycles. The van der Waals surface area contributed by atoms with Gasteiger partial charge in [0, 0.05) is 19.1 Å². The molecular formula is C12H10ClN5O2. The normalized spacial score (nSPS) is 11.2. The molecule has 0 radical (unpaired) electrons. The fourth-order valence-electron chi connectivity index (χ4n) is 2.03. The molecule has 0 bridgehead atoms. The quantitative estimate of drug-likeness (QED) is 0.653. The van der Waals surface area contributed by atoms with Crippen LogP contribution in [0.4, 0.5) is 0 Å². The molecular weight excluding hydrogens is 282 g/mol. The summed E-state index contributed by atoms with van der Waals surface area (Å²) in [7, 11) is 2.98. The van der Waals surface area contributed by atoms with E-state index in [4.69, 9.17) is 11.6 Å². The Balaban J connectivity index is 2.43. The first-order valence-electron chi connectivity index (χ1n) is 5.78. The lowest BCUT2D eigenvalue weighted by molar-refractivity contribution is 0.698. The Morgan fingerprint density at radius 2 is 1.70 bits per heavy atom. The van der Waals surface area contributed by atoms with Gasteiger partial charge in [-0.05, 0) is 24.3 Å². The van der Waals surface area contributed by atoms with Crippen LogP contribution in [0, 0.1) is 0 Å². The Morgan fingerprint density at radius 3 is 2.35 bits per heavy atom. The van der Waals surface area contributed by atoms with E-state index in [1.54, 1.807) is 31.3 Å². The van der Waals surface area contributed by atoms with Crippen LogP contribution in [-0.4, -0.2) is 24.1 Å².